The molecule has 0 radical (unpaired) electrons. The predicted molar refractivity (Wildman–Crippen MR) is 119 cm³/mol. The van der Waals surface area contributed by atoms with Crippen LogP contribution in [0.4, 0.5) is 4.79 Å². The number of nitrogens with zero attached hydrogens (tertiary/aromatic N) is 3. The Hall–Kier alpha value is -1.96. The number of carbonyl (C=O) groups is 1. The molecule has 1 atom stereocenters. The number of piperazine rings is 1. The average molecular weight is 500 g/mol. The van der Waals surface area contributed by atoms with E-state index in [0.29, 0.717) is 26.3 Å². The fourth-order valence-electron chi connectivity index (χ4n) is 3.36. The Kier molecular flexibility index (Phi) is 7.39. The Morgan fingerprint density at radius 3 is 2.48 bits per heavy atom. The molecule has 2 aromatic carbocycles. The summed E-state index contributed by atoms with van der Waals surface area (Å²) in [6.45, 7) is 1.98. The molecule has 1 aliphatic heterocycles. The highest BCUT2D eigenvalue weighted by Gasteiger charge is 2.36. The van der Waals surface area contributed by atoms with Crippen molar-refractivity contribution in [2.45, 2.75) is 34.1 Å². The number of amides is 1. The van der Waals surface area contributed by atoms with Crippen LogP contribution in [0.5, 0.6) is 0 Å². The van der Waals surface area contributed by atoms with Crippen LogP contribution in [0.2, 0.25) is 10.0 Å². The number of rotatable bonds is 5. The summed E-state index contributed by atoms with van der Waals surface area (Å²) in [6, 6.07) is 10.9. The molecule has 3 rings (SSSR count). The predicted octanol–water partition coefficient (Wildman–Crippen LogP) is 4.78. The maximum absolute atomic E-state index is 13.5. The molecule has 1 unspecified atom stereocenters. The maximum Gasteiger partial charge on any atom is 0.407 e. The summed E-state index contributed by atoms with van der Waals surface area (Å²) < 4.78 is 28.3. The number of carboxylic acid groups (broad SMARTS) is 1. The number of nitriles is 1. The van der Waals surface area contributed by atoms with E-state index in [1.807, 2.05) is 13.0 Å². The van der Waals surface area contributed by atoms with Crippen molar-refractivity contribution in [1.82, 2.24) is 9.21 Å². The van der Waals surface area contributed by atoms with Crippen molar-refractivity contribution in [2.75, 3.05) is 19.6 Å². The lowest BCUT2D eigenvalue weighted by atomic mass is 10.1. The van der Waals surface area contributed by atoms with E-state index in [2.05, 4.69) is 0 Å². The lowest BCUT2D eigenvalue weighted by Crippen LogP contribution is -2.55. The number of sulfonamides is 1. The molecule has 1 aliphatic rings. The van der Waals surface area contributed by atoms with Gasteiger partial charge in [0, 0.05) is 45.5 Å². The molecule has 11 heteroatoms. The summed E-state index contributed by atoms with van der Waals surface area (Å²) in [5.41, 5.74) is 0.211. The zero-order valence-corrected chi connectivity index (χ0v) is 19.6. The van der Waals surface area contributed by atoms with Gasteiger partial charge in [0.05, 0.1) is 16.5 Å². The standard InChI is InChI=1S/C20H19Cl2N3O4S2/c1-2-16-12-24(5-6-25(16)20(26)27)31(28,29)19-7-13(11-23)3-4-18(19)30-17-9-14(21)8-15(22)10-17/h3-4,7-10,16H,2,5-6,12H2,1H3,(H,26,27). The summed E-state index contributed by atoms with van der Waals surface area (Å²) >= 11 is 13.3. The Labute approximate surface area is 195 Å². The van der Waals surface area contributed by atoms with Gasteiger partial charge in [-0.25, -0.2) is 13.2 Å². The second-order valence-electron chi connectivity index (χ2n) is 6.88. The third-order valence-corrected chi connectivity index (χ3v) is 8.43. The van der Waals surface area contributed by atoms with Gasteiger partial charge < -0.3 is 10.0 Å². The highest BCUT2D eigenvalue weighted by molar-refractivity contribution is 8.00. The molecule has 0 bridgehead atoms. The molecule has 2 aromatic rings. The third-order valence-electron chi connectivity index (χ3n) is 4.92. The Balaban J connectivity index is 2.00. The number of halogens is 2. The van der Waals surface area contributed by atoms with Crippen molar-refractivity contribution in [2.24, 2.45) is 0 Å². The van der Waals surface area contributed by atoms with Gasteiger partial charge in [-0.15, -0.1) is 0 Å². The Morgan fingerprint density at radius 2 is 1.90 bits per heavy atom. The molecule has 7 nitrogen and oxygen atoms in total. The molecular formula is C20H19Cl2N3O4S2. The quantitative estimate of drug-likeness (QED) is 0.634. The molecule has 164 valence electrons. The SMILES string of the molecule is CCC1CN(S(=O)(=O)c2cc(C#N)ccc2Sc2cc(Cl)cc(Cl)c2)CCN1C(=O)O. The monoisotopic (exact) mass is 499 g/mol. The molecule has 1 amide bonds. The zero-order chi connectivity index (χ0) is 22.8. The smallest absolute Gasteiger partial charge is 0.407 e. The topological polar surface area (TPSA) is 102 Å². The van der Waals surface area contributed by atoms with E-state index in [9.17, 15) is 23.6 Å². The molecule has 0 spiro atoms. The van der Waals surface area contributed by atoms with E-state index in [0.717, 1.165) is 0 Å². The van der Waals surface area contributed by atoms with Crippen molar-refractivity contribution < 1.29 is 18.3 Å². The van der Waals surface area contributed by atoms with Gasteiger partial charge in [-0.05, 0) is 42.8 Å². The van der Waals surface area contributed by atoms with Gasteiger partial charge in [-0.2, -0.15) is 9.57 Å². The van der Waals surface area contributed by atoms with E-state index in [-0.39, 0.29) is 30.1 Å². The minimum Gasteiger partial charge on any atom is -0.465 e. The van der Waals surface area contributed by atoms with Crippen LogP contribution in [0, 0.1) is 11.3 Å². The molecule has 0 saturated carbocycles. The molecular weight excluding hydrogens is 481 g/mol. The van der Waals surface area contributed by atoms with Crippen molar-refractivity contribution in [3.63, 3.8) is 0 Å². The van der Waals surface area contributed by atoms with Gasteiger partial charge in [0.15, 0.2) is 0 Å². The second-order valence-corrected chi connectivity index (χ2v) is 10.8. The van der Waals surface area contributed by atoms with Crippen molar-refractivity contribution in [3.8, 4) is 6.07 Å². The Bertz CT molecular complexity index is 1130. The van der Waals surface area contributed by atoms with Crippen LogP contribution in [0.1, 0.15) is 18.9 Å². The first kappa shape index (κ1) is 23.7. The van der Waals surface area contributed by atoms with E-state index in [1.165, 1.54) is 27.0 Å². The van der Waals surface area contributed by atoms with Crippen LogP contribution < -0.4 is 0 Å². The van der Waals surface area contributed by atoms with Crippen LogP contribution >= 0.6 is 35.0 Å². The summed E-state index contributed by atoms with van der Waals surface area (Å²) in [5.74, 6) is 0. The number of benzene rings is 2. The molecule has 1 N–H and O–H groups in total. The van der Waals surface area contributed by atoms with Crippen molar-refractivity contribution in [1.29, 1.82) is 5.26 Å². The summed E-state index contributed by atoms with van der Waals surface area (Å²) in [7, 11) is -3.98. The molecule has 31 heavy (non-hydrogen) atoms. The summed E-state index contributed by atoms with van der Waals surface area (Å²) in [6.07, 6.45) is -0.580. The highest BCUT2D eigenvalue weighted by Crippen LogP contribution is 2.37. The first-order chi connectivity index (χ1) is 14.6. The summed E-state index contributed by atoms with van der Waals surface area (Å²) in [4.78, 5) is 13.8. The first-order valence-corrected chi connectivity index (χ1v) is 12.3. The fourth-order valence-corrected chi connectivity index (χ4v) is 6.95. The minimum atomic E-state index is -3.98. The lowest BCUT2D eigenvalue weighted by Gasteiger charge is -2.39. The fraction of sp³-hybridized carbons (Fsp3) is 0.300. The largest absolute Gasteiger partial charge is 0.465 e. The van der Waals surface area contributed by atoms with Crippen LogP contribution in [-0.2, 0) is 10.0 Å². The normalized spacial score (nSPS) is 17.4. The van der Waals surface area contributed by atoms with Crippen LogP contribution in [0.15, 0.2) is 51.1 Å². The molecule has 1 heterocycles. The minimum absolute atomic E-state index is 0.00808. The first-order valence-electron chi connectivity index (χ1n) is 9.33. The van der Waals surface area contributed by atoms with Crippen molar-refractivity contribution >= 4 is 51.1 Å². The zero-order valence-electron chi connectivity index (χ0n) is 16.5. The third kappa shape index (κ3) is 5.27. The maximum atomic E-state index is 13.5. The molecule has 0 aromatic heterocycles. The van der Waals surface area contributed by atoms with Crippen molar-refractivity contribution in [3.05, 3.63) is 52.0 Å². The highest BCUT2D eigenvalue weighted by atomic mass is 35.5. The van der Waals surface area contributed by atoms with Gasteiger partial charge in [0.2, 0.25) is 10.0 Å². The molecule has 1 saturated heterocycles. The van der Waals surface area contributed by atoms with E-state index < -0.39 is 22.2 Å². The average Bonchev–Trinajstić information content (AvgIpc) is 2.72. The van der Waals surface area contributed by atoms with Gasteiger partial charge in [0.25, 0.3) is 0 Å². The van der Waals surface area contributed by atoms with E-state index >= 15 is 0 Å². The number of hydrogen-bond acceptors (Lipinski definition) is 5. The van der Waals surface area contributed by atoms with E-state index in [1.54, 1.807) is 30.3 Å². The van der Waals surface area contributed by atoms with Gasteiger partial charge in [0.1, 0.15) is 0 Å². The van der Waals surface area contributed by atoms with E-state index in [4.69, 9.17) is 23.2 Å². The van der Waals surface area contributed by atoms with Gasteiger partial charge in [-0.3, -0.25) is 0 Å². The second kappa shape index (κ2) is 9.67. The lowest BCUT2D eigenvalue weighted by molar-refractivity contribution is 0.0915. The molecule has 1 fully saturated rings. The van der Waals surface area contributed by atoms with Gasteiger partial charge >= 0.3 is 6.09 Å². The Morgan fingerprint density at radius 1 is 1.23 bits per heavy atom. The number of hydrogen-bond donors (Lipinski definition) is 1. The van der Waals surface area contributed by atoms with Crippen LogP contribution in [-0.4, -0.2) is 54.5 Å². The van der Waals surface area contributed by atoms with Gasteiger partial charge in [-0.1, -0.05) is 41.9 Å². The molecule has 0 aliphatic carbocycles. The van der Waals surface area contributed by atoms with Crippen LogP contribution in [0.25, 0.3) is 0 Å². The summed E-state index contributed by atoms with van der Waals surface area (Å²) in [5, 5.41) is 19.5. The van der Waals surface area contributed by atoms with Crippen LogP contribution in [0.3, 0.4) is 0 Å².